The minimum Gasteiger partial charge on any atom is -0.507 e. The van der Waals surface area contributed by atoms with Crippen LogP contribution in [0.5, 0.6) is 5.75 Å². The number of hydrogen-bond acceptors (Lipinski definition) is 10. The average molecular weight is 770 g/mol. The van der Waals surface area contributed by atoms with Gasteiger partial charge in [0.15, 0.2) is 0 Å². The molecule has 0 spiro atoms. The van der Waals surface area contributed by atoms with E-state index in [1.807, 2.05) is 55.6 Å². The van der Waals surface area contributed by atoms with Crippen LogP contribution in [0, 0.1) is 0 Å². The van der Waals surface area contributed by atoms with Crippen LogP contribution in [0.15, 0.2) is 26.5 Å². The van der Waals surface area contributed by atoms with Gasteiger partial charge in [-0.25, -0.2) is 28.1 Å². The average Bonchev–Trinajstić information content (AvgIpc) is 3.00. The zero-order valence-corrected chi connectivity index (χ0v) is 36.3. The molecule has 0 bridgehead atoms. The van der Waals surface area contributed by atoms with E-state index in [4.69, 9.17) is 9.47 Å². The van der Waals surface area contributed by atoms with Gasteiger partial charge in [-0.2, -0.15) is 0 Å². The summed E-state index contributed by atoms with van der Waals surface area (Å²) in [5.74, 6) is -1.47. The van der Waals surface area contributed by atoms with Crippen LogP contribution in [0.2, 0.25) is 0 Å². The van der Waals surface area contributed by atoms with E-state index >= 15 is 0 Å². The Hall–Kier alpha value is -3.71. The molecule has 1 aromatic carbocycles. The Balaban J connectivity index is 1.79. The van der Waals surface area contributed by atoms with E-state index in [-0.39, 0.29) is 34.4 Å². The number of likely N-dealkylation sites (tertiary alicyclic amines) is 2. The lowest BCUT2D eigenvalue weighted by Gasteiger charge is -2.53. The molecule has 13 heteroatoms. The molecule has 0 radical (unpaired) electrons. The fourth-order valence-corrected chi connectivity index (χ4v) is 8.63. The topological polar surface area (TPSA) is 145 Å². The van der Waals surface area contributed by atoms with E-state index in [9.17, 15) is 29.1 Å². The van der Waals surface area contributed by atoms with E-state index in [1.165, 1.54) is 0 Å². The van der Waals surface area contributed by atoms with Crippen LogP contribution < -0.4 is 17.1 Å². The summed E-state index contributed by atoms with van der Waals surface area (Å²) in [4.78, 5) is 74.0. The number of aromatic hydroxyl groups is 1. The largest absolute Gasteiger partial charge is 0.507 e. The van der Waals surface area contributed by atoms with Gasteiger partial charge in [0.05, 0.1) is 6.54 Å². The van der Waals surface area contributed by atoms with Crippen LogP contribution in [0.25, 0.3) is 0 Å². The van der Waals surface area contributed by atoms with Crippen LogP contribution in [0.3, 0.4) is 0 Å². The van der Waals surface area contributed by atoms with Crippen molar-refractivity contribution in [3.63, 3.8) is 0 Å². The Kier molecular flexibility index (Phi) is 11.7. The van der Waals surface area contributed by atoms with Gasteiger partial charge in [0.1, 0.15) is 31.0 Å². The molecule has 0 saturated carbocycles. The van der Waals surface area contributed by atoms with E-state index in [0.29, 0.717) is 51.5 Å². The lowest BCUT2D eigenvalue weighted by atomic mass is 9.78. The van der Waals surface area contributed by atoms with E-state index < -0.39 is 65.1 Å². The second kappa shape index (κ2) is 14.7. The standard InChI is InChI=1S/C42H67N5O8/c1-37(2,3)29-17-26(18-30(33(29)50)38(4,5)6)23-45-34(51)46(24-31(48)54-27-19-39(7,8)43(15)40(9,10)20-27)36(53)47(35(45)52)25-32(49)55-28-21-41(11,12)44(16)42(13,14)22-28/h17-18,27-28,50H,19-25H2,1-16H3. The van der Waals surface area contributed by atoms with Crippen molar-refractivity contribution in [1.82, 2.24) is 23.5 Å². The Morgan fingerprint density at radius 1 is 0.618 bits per heavy atom. The van der Waals surface area contributed by atoms with Crippen molar-refractivity contribution in [3.05, 3.63) is 60.3 Å². The highest BCUT2D eigenvalue weighted by Crippen LogP contribution is 2.41. The third-order valence-electron chi connectivity index (χ3n) is 12.2. The third kappa shape index (κ3) is 9.30. The molecule has 308 valence electrons. The molecule has 2 fully saturated rings. The number of phenolic OH excluding ortho intramolecular Hbond substituents is 1. The highest BCUT2D eigenvalue weighted by Gasteiger charge is 2.46. The van der Waals surface area contributed by atoms with Crippen LogP contribution in [-0.2, 0) is 49.5 Å². The number of piperidine rings is 2. The van der Waals surface area contributed by atoms with Crippen molar-refractivity contribution >= 4 is 11.9 Å². The van der Waals surface area contributed by atoms with Gasteiger partial charge >= 0.3 is 29.0 Å². The van der Waals surface area contributed by atoms with Gasteiger partial charge in [0.2, 0.25) is 0 Å². The first-order valence-corrected chi connectivity index (χ1v) is 19.5. The molecule has 0 unspecified atom stereocenters. The second-order valence-electron chi connectivity index (χ2n) is 20.6. The summed E-state index contributed by atoms with van der Waals surface area (Å²) in [6.07, 6.45) is 1.22. The Bertz CT molecular complexity index is 1820. The summed E-state index contributed by atoms with van der Waals surface area (Å²) in [6, 6.07) is 3.48. The van der Waals surface area contributed by atoms with Gasteiger partial charge in [-0.05, 0) is 109 Å². The Morgan fingerprint density at radius 2 is 0.909 bits per heavy atom. The van der Waals surface area contributed by atoms with Crippen LogP contribution >= 0.6 is 0 Å². The third-order valence-corrected chi connectivity index (χ3v) is 12.2. The predicted molar refractivity (Wildman–Crippen MR) is 214 cm³/mol. The molecule has 55 heavy (non-hydrogen) atoms. The first-order chi connectivity index (χ1) is 24.8. The first kappa shape index (κ1) is 44.0. The molecule has 0 amide bonds. The summed E-state index contributed by atoms with van der Waals surface area (Å²) in [5.41, 5.74) is -3.50. The molecule has 2 aromatic rings. The molecule has 0 aliphatic carbocycles. The number of benzene rings is 1. The maximum Gasteiger partial charge on any atom is 0.337 e. The predicted octanol–water partition coefficient (Wildman–Crippen LogP) is 4.91. The quantitative estimate of drug-likeness (QED) is 0.368. The molecule has 1 N–H and O–H groups in total. The monoisotopic (exact) mass is 769 g/mol. The van der Waals surface area contributed by atoms with Gasteiger partial charge in [-0.3, -0.25) is 19.4 Å². The molecule has 2 saturated heterocycles. The van der Waals surface area contributed by atoms with E-state index in [2.05, 4.69) is 65.2 Å². The first-order valence-electron chi connectivity index (χ1n) is 19.5. The van der Waals surface area contributed by atoms with Crippen molar-refractivity contribution < 1.29 is 24.2 Å². The molecule has 13 nitrogen and oxygen atoms in total. The zero-order chi connectivity index (χ0) is 42.0. The van der Waals surface area contributed by atoms with Gasteiger partial charge < -0.3 is 14.6 Å². The SMILES string of the molecule is CN1C(C)(C)CC(OC(=O)Cn2c(=O)n(CC(=O)OC3CC(C)(C)N(C)C(C)(C)C3)c(=O)n(Cc3cc(C(C)(C)C)c(O)c(C(C)(C)C)c3)c2=O)CC1(C)C. The van der Waals surface area contributed by atoms with Gasteiger partial charge in [-0.1, -0.05) is 41.5 Å². The minimum absolute atomic E-state index is 0.129. The number of nitrogens with zero attached hydrogens (tertiary/aromatic N) is 5. The maximum atomic E-state index is 14.2. The van der Waals surface area contributed by atoms with Crippen molar-refractivity contribution in [2.24, 2.45) is 0 Å². The summed E-state index contributed by atoms with van der Waals surface area (Å²) in [6.45, 7) is 26.5. The van der Waals surface area contributed by atoms with Gasteiger partial charge in [0, 0.05) is 47.8 Å². The van der Waals surface area contributed by atoms with Crippen molar-refractivity contribution in [3.8, 4) is 5.75 Å². The molecular weight excluding hydrogens is 702 g/mol. The fourth-order valence-electron chi connectivity index (χ4n) is 8.63. The second-order valence-corrected chi connectivity index (χ2v) is 20.6. The smallest absolute Gasteiger partial charge is 0.337 e. The summed E-state index contributed by atoms with van der Waals surface area (Å²) in [5, 5.41) is 11.3. The zero-order valence-electron chi connectivity index (χ0n) is 36.3. The molecule has 2 aliphatic heterocycles. The highest BCUT2D eigenvalue weighted by atomic mass is 16.5. The normalized spacial score (nSPS) is 20.7. The summed E-state index contributed by atoms with van der Waals surface area (Å²) >= 11 is 0. The number of ether oxygens (including phenoxy) is 2. The minimum atomic E-state index is -1.11. The number of carbonyl (C=O) groups excluding carboxylic acids is 2. The number of hydrogen-bond donors (Lipinski definition) is 1. The van der Waals surface area contributed by atoms with E-state index in [1.54, 1.807) is 12.1 Å². The molecule has 0 atom stereocenters. The molecular formula is C42H67N5O8. The Morgan fingerprint density at radius 3 is 1.20 bits per heavy atom. The number of aromatic nitrogens is 3. The van der Waals surface area contributed by atoms with Crippen molar-refractivity contribution in [1.29, 1.82) is 0 Å². The maximum absolute atomic E-state index is 14.2. The van der Waals surface area contributed by atoms with E-state index in [0.717, 1.165) is 4.57 Å². The number of carbonyl (C=O) groups is 2. The van der Waals surface area contributed by atoms with Crippen LogP contribution in [-0.4, -0.2) is 89.0 Å². The van der Waals surface area contributed by atoms with Crippen LogP contribution in [0.4, 0.5) is 0 Å². The summed E-state index contributed by atoms with van der Waals surface area (Å²) < 4.78 is 14.0. The lowest BCUT2D eigenvalue weighted by molar-refractivity contribution is -0.160. The summed E-state index contributed by atoms with van der Waals surface area (Å²) in [7, 11) is 4.07. The number of phenols is 1. The van der Waals surface area contributed by atoms with Crippen molar-refractivity contribution in [2.75, 3.05) is 14.1 Å². The molecule has 3 heterocycles. The van der Waals surface area contributed by atoms with Gasteiger partial charge in [-0.15, -0.1) is 0 Å². The van der Waals surface area contributed by atoms with Gasteiger partial charge in [0.25, 0.3) is 0 Å². The van der Waals surface area contributed by atoms with Crippen molar-refractivity contribution in [2.45, 2.75) is 187 Å². The number of esters is 2. The Labute approximate surface area is 326 Å². The molecule has 4 rings (SSSR count). The highest BCUT2D eigenvalue weighted by molar-refractivity contribution is 5.70. The number of rotatable bonds is 8. The fraction of sp³-hybridized carbons (Fsp3) is 0.738. The van der Waals surface area contributed by atoms with Crippen LogP contribution in [0.1, 0.15) is 139 Å². The lowest BCUT2D eigenvalue weighted by Crippen LogP contribution is -2.60. The molecule has 1 aromatic heterocycles. The molecule has 2 aliphatic rings.